The zero-order valence-electron chi connectivity index (χ0n) is 8.41. The van der Waals surface area contributed by atoms with Crippen LogP contribution in [0.2, 0.25) is 0 Å². The fourth-order valence-corrected chi connectivity index (χ4v) is 0.984. The fourth-order valence-electron chi connectivity index (χ4n) is 0.984. The summed E-state index contributed by atoms with van der Waals surface area (Å²) in [6.07, 6.45) is 0.380. The Kier molecular flexibility index (Phi) is 5.90. The van der Waals surface area contributed by atoms with Crippen molar-refractivity contribution in [2.75, 3.05) is 27.2 Å². The van der Waals surface area contributed by atoms with Crippen LogP contribution >= 0.6 is 0 Å². The largest absolute Gasteiger partial charge is 0.469 e. The Hall–Kier alpha value is -1.08. The van der Waals surface area contributed by atoms with Crippen LogP contribution in [0.15, 0.2) is 0 Å². The smallest absolute Gasteiger partial charge is 0.306 e. The molecule has 0 aromatic carbocycles. The predicted octanol–water partition coefficient (Wildman–Crippen LogP) is 0.641. The van der Waals surface area contributed by atoms with Crippen molar-refractivity contribution in [1.29, 1.82) is 5.26 Å². The summed E-state index contributed by atoms with van der Waals surface area (Å²) in [4.78, 5) is 12.7. The first-order valence-corrected chi connectivity index (χ1v) is 4.25. The maximum atomic E-state index is 10.8. The van der Waals surface area contributed by atoms with Gasteiger partial charge in [0.1, 0.15) is 0 Å². The Morgan fingerprint density at radius 1 is 1.69 bits per heavy atom. The van der Waals surface area contributed by atoms with Gasteiger partial charge in [0.2, 0.25) is 0 Å². The van der Waals surface area contributed by atoms with Crippen molar-refractivity contribution >= 4 is 5.97 Å². The molecule has 0 aliphatic heterocycles. The normalized spacial score (nSPS) is 12.2. The molecule has 0 heterocycles. The molecule has 1 unspecified atom stereocenters. The molecule has 4 heteroatoms. The Morgan fingerprint density at radius 3 is 2.77 bits per heavy atom. The number of carbonyl (C=O) groups excluding carboxylic acids is 1. The fraction of sp³-hybridized carbons (Fsp3) is 0.778. The van der Waals surface area contributed by atoms with E-state index in [2.05, 4.69) is 10.8 Å². The number of esters is 1. The molecule has 0 amide bonds. The molecule has 0 saturated heterocycles. The number of ether oxygens (including phenoxy) is 1. The van der Waals surface area contributed by atoms with Gasteiger partial charge in [-0.1, -0.05) is 0 Å². The van der Waals surface area contributed by atoms with E-state index in [1.54, 1.807) is 0 Å². The minimum atomic E-state index is -0.212. The first-order valence-electron chi connectivity index (χ1n) is 4.25. The molecule has 1 atom stereocenters. The van der Waals surface area contributed by atoms with E-state index < -0.39 is 0 Å². The van der Waals surface area contributed by atoms with Crippen molar-refractivity contribution in [3.05, 3.63) is 0 Å². The Labute approximate surface area is 79.1 Å². The number of hydrogen-bond donors (Lipinski definition) is 0. The summed E-state index contributed by atoms with van der Waals surface area (Å²) in [7, 11) is 3.26. The number of rotatable bonds is 5. The number of methoxy groups -OCH3 is 1. The van der Waals surface area contributed by atoms with Crippen molar-refractivity contribution in [3.8, 4) is 6.07 Å². The molecular weight excluding hydrogens is 168 g/mol. The first kappa shape index (κ1) is 11.9. The third-order valence-electron chi connectivity index (χ3n) is 1.73. The van der Waals surface area contributed by atoms with Crippen LogP contribution in [0.5, 0.6) is 0 Å². The van der Waals surface area contributed by atoms with Crippen LogP contribution in [-0.4, -0.2) is 38.1 Å². The third-order valence-corrected chi connectivity index (χ3v) is 1.73. The topological polar surface area (TPSA) is 53.3 Å². The van der Waals surface area contributed by atoms with Crippen LogP contribution in [0.1, 0.15) is 13.3 Å². The molecule has 0 bridgehead atoms. The van der Waals surface area contributed by atoms with Crippen molar-refractivity contribution < 1.29 is 9.53 Å². The Balaban J connectivity index is 3.58. The lowest BCUT2D eigenvalue weighted by Crippen LogP contribution is -2.26. The van der Waals surface area contributed by atoms with Gasteiger partial charge in [-0.15, -0.1) is 0 Å². The highest BCUT2D eigenvalue weighted by molar-refractivity contribution is 5.69. The second-order valence-corrected chi connectivity index (χ2v) is 3.12. The van der Waals surface area contributed by atoms with E-state index in [1.807, 2.05) is 18.9 Å². The number of hydrogen-bond acceptors (Lipinski definition) is 4. The summed E-state index contributed by atoms with van der Waals surface area (Å²) in [5.74, 6) is -0.209. The SMILES string of the molecule is COC(=O)CCN(C)CC(C)C#N. The summed E-state index contributed by atoms with van der Waals surface area (Å²) in [5.41, 5.74) is 0. The minimum absolute atomic E-state index is 0.00245. The molecule has 0 spiro atoms. The van der Waals surface area contributed by atoms with Gasteiger partial charge < -0.3 is 9.64 Å². The molecule has 0 aromatic heterocycles. The highest BCUT2D eigenvalue weighted by atomic mass is 16.5. The third kappa shape index (κ3) is 6.12. The molecule has 0 aromatic rings. The van der Waals surface area contributed by atoms with E-state index in [0.717, 1.165) is 0 Å². The molecule has 74 valence electrons. The van der Waals surface area contributed by atoms with Crippen molar-refractivity contribution in [2.45, 2.75) is 13.3 Å². The number of carbonyl (C=O) groups is 1. The van der Waals surface area contributed by atoms with Crippen LogP contribution in [0, 0.1) is 17.2 Å². The predicted molar refractivity (Wildman–Crippen MR) is 48.9 cm³/mol. The van der Waals surface area contributed by atoms with Crippen LogP contribution in [0.4, 0.5) is 0 Å². The molecule has 4 nitrogen and oxygen atoms in total. The molecule has 0 aliphatic rings. The van der Waals surface area contributed by atoms with E-state index >= 15 is 0 Å². The van der Waals surface area contributed by atoms with Gasteiger partial charge in [0.15, 0.2) is 0 Å². The summed E-state index contributed by atoms with van der Waals surface area (Å²) >= 11 is 0. The van der Waals surface area contributed by atoms with Gasteiger partial charge in [-0.25, -0.2) is 0 Å². The van der Waals surface area contributed by atoms with E-state index in [-0.39, 0.29) is 11.9 Å². The maximum Gasteiger partial charge on any atom is 0.306 e. The Morgan fingerprint density at radius 2 is 2.31 bits per heavy atom. The van der Waals surface area contributed by atoms with Crippen LogP contribution < -0.4 is 0 Å². The van der Waals surface area contributed by atoms with E-state index in [4.69, 9.17) is 5.26 Å². The van der Waals surface area contributed by atoms with E-state index in [1.165, 1.54) is 7.11 Å². The molecule has 0 saturated carbocycles. The van der Waals surface area contributed by atoms with E-state index in [9.17, 15) is 4.79 Å². The summed E-state index contributed by atoms with van der Waals surface area (Å²) < 4.78 is 4.50. The molecule has 13 heavy (non-hydrogen) atoms. The highest BCUT2D eigenvalue weighted by Gasteiger charge is 2.07. The second kappa shape index (κ2) is 6.44. The summed E-state index contributed by atoms with van der Waals surface area (Å²) in [6, 6.07) is 2.14. The lowest BCUT2D eigenvalue weighted by atomic mass is 10.2. The van der Waals surface area contributed by atoms with Gasteiger partial charge in [0.05, 0.1) is 25.5 Å². The van der Waals surface area contributed by atoms with Gasteiger partial charge in [0, 0.05) is 13.1 Å². The summed E-state index contributed by atoms with van der Waals surface area (Å²) in [6.45, 7) is 3.18. The molecule has 0 aliphatic carbocycles. The quantitative estimate of drug-likeness (QED) is 0.588. The number of nitrogens with zero attached hydrogens (tertiary/aromatic N) is 2. The van der Waals surface area contributed by atoms with Crippen LogP contribution in [0.25, 0.3) is 0 Å². The molecule has 0 fully saturated rings. The monoisotopic (exact) mass is 184 g/mol. The average Bonchev–Trinajstić information content (AvgIpc) is 2.13. The Bertz CT molecular complexity index is 198. The van der Waals surface area contributed by atoms with Gasteiger partial charge in [-0.3, -0.25) is 4.79 Å². The number of nitriles is 1. The minimum Gasteiger partial charge on any atom is -0.469 e. The average molecular weight is 184 g/mol. The van der Waals surface area contributed by atoms with Crippen molar-refractivity contribution in [3.63, 3.8) is 0 Å². The standard InChI is InChI=1S/C9H16N2O2/c1-8(6-10)7-11(2)5-4-9(12)13-3/h8H,4-5,7H2,1-3H3. The summed E-state index contributed by atoms with van der Waals surface area (Å²) in [5, 5.41) is 8.54. The molecule has 0 rings (SSSR count). The van der Waals surface area contributed by atoms with Crippen molar-refractivity contribution in [2.24, 2.45) is 5.92 Å². The molecular formula is C9H16N2O2. The van der Waals surface area contributed by atoms with Gasteiger partial charge in [0.25, 0.3) is 0 Å². The lowest BCUT2D eigenvalue weighted by molar-refractivity contribution is -0.140. The van der Waals surface area contributed by atoms with Gasteiger partial charge >= 0.3 is 5.97 Å². The second-order valence-electron chi connectivity index (χ2n) is 3.12. The van der Waals surface area contributed by atoms with Gasteiger partial charge in [-0.05, 0) is 14.0 Å². The zero-order chi connectivity index (χ0) is 10.3. The lowest BCUT2D eigenvalue weighted by Gasteiger charge is -2.16. The maximum absolute atomic E-state index is 10.8. The van der Waals surface area contributed by atoms with Gasteiger partial charge in [-0.2, -0.15) is 5.26 Å². The van der Waals surface area contributed by atoms with E-state index in [0.29, 0.717) is 19.5 Å². The first-order chi connectivity index (χ1) is 6.10. The van der Waals surface area contributed by atoms with Crippen molar-refractivity contribution in [1.82, 2.24) is 4.90 Å². The highest BCUT2D eigenvalue weighted by Crippen LogP contribution is 1.97. The van der Waals surface area contributed by atoms with Crippen LogP contribution in [0.3, 0.4) is 0 Å². The zero-order valence-corrected chi connectivity index (χ0v) is 8.41. The van der Waals surface area contributed by atoms with Crippen LogP contribution in [-0.2, 0) is 9.53 Å². The molecule has 0 N–H and O–H groups in total. The molecule has 0 radical (unpaired) electrons.